The van der Waals surface area contributed by atoms with E-state index in [1.54, 1.807) is 0 Å². The van der Waals surface area contributed by atoms with E-state index >= 15 is 0 Å². The predicted octanol–water partition coefficient (Wildman–Crippen LogP) is 6.42. The Labute approximate surface area is 237 Å². The highest BCUT2D eigenvalue weighted by atomic mass is 32.2. The number of ketones is 1. The van der Waals surface area contributed by atoms with E-state index in [-0.39, 0.29) is 33.1 Å². The van der Waals surface area contributed by atoms with Gasteiger partial charge in [0.1, 0.15) is 0 Å². The van der Waals surface area contributed by atoms with Crippen LogP contribution in [0, 0.1) is 0 Å². The van der Waals surface area contributed by atoms with Crippen LogP contribution in [-0.2, 0) is 32.0 Å². The number of alkyl halides is 6. The molecule has 6 nitrogen and oxygen atoms in total. The summed E-state index contributed by atoms with van der Waals surface area (Å²) in [5, 5.41) is 2.51. The summed E-state index contributed by atoms with van der Waals surface area (Å²) in [6, 6.07) is 13.1. The Bertz CT molecular complexity index is 1580. The van der Waals surface area contributed by atoms with Crippen molar-refractivity contribution in [3.05, 3.63) is 106 Å². The Balaban J connectivity index is 1.74. The fourth-order valence-corrected chi connectivity index (χ4v) is 5.58. The number of Topliss-reactive ketones (excluding diaryl/α,β-unsaturated/α-hetero) is 1. The first kappa shape index (κ1) is 30.7. The molecule has 0 spiro atoms. The fraction of sp³-hybridized carbons (Fsp3) is 0.172. The average molecular weight is 609 g/mol. The number of carbonyl (C=O) groups excluding carboxylic acids is 2. The molecule has 0 unspecified atom stereocenters. The summed E-state index contributed by atoms with van der Waals surface area (Å²) in [5.41, 5.74) is -1.17. The van der Waals surface area contributed by atoms with Gasteiger partial charge in [-0.15, -0.1) is 0 Å². The molecule has 1 aliphatic heterocycles. The molecule has 13 heteroatoms. The van der Waals surface area contributed by atoms with Crippen LogP contribution in [0.4, 0.5) is 32.0 Å². The highest BCUT2D eigenvalue weighted by Gasteiger charge is 2.35. The molecule has 1 heterocycles. The first-order chi connectivity index (χ1) is 19.5. The number of piperidine rings is 1. The van der Waals surface area contributed by atoms with E-state index in [4.69, 9.17) is 0 Å². The lowest BCUT2D eigenvalue weighted by atomic mass is 9.95. The maximum Gasteiger partial charge on any atom is 0.416 e. The van der Waals surface area contributed by atoms with Crippen LogP contribution < -0.4 is 5.32 Å². The quantitative estimate of drug-likeness (QED) is 0.268. The van der Waals surface area contributed by atoms with Gasteiger partial charge in [-0.25, -0.2) is 8.42 Å². The van der Waals surface area contributed by atoms with Crippen molar-refractivity contribution < 1.29 is 44.3 Å². The minimum absolute atomic E-state index is 0.0578. The maximum absolute atomic E-state index is 13.6. The molecule has 220 valence electrons. The van der Waals surface area contributed by atoms with Crippen molar-refractivity contribution in [1.82, 2.24) is 4.31 Å². The number of carbonyl (C=O) groups is 2. The van der Waals surface area contributed by atoms with E-state index in [2.05, 4.69) is 5.32 Å². The number of amides is 1. The summed E-state index contributed by atoms with van der Waals surface area (Å²) in [6.07, 6.45) is -6.62. The smallest absolute Gasteiger partial charge is 0.326 e. The van der Waals surface area contributed by atoms with E-state index in [9.17, 15) is 44.3 Å². The number of rotatable bonds is 5. The van der Waals surface area contributed by atoms with Gasteiger partial charge in [0, 0.05) is 36.8 Å². The first-order valence-electron chi connectivity index (χ1n) is 12.2. The van der Waals surface area contributed by atoms with E-state index in [0.29, 0.717) is 5.69 Å². The number of halogens is 6. The van der Waals surface area contributed by atoms with Crippen LogP contribution in [0.1, 0.15) is 29.2 Å². The largest absolute Gasteiger partial charge is 0.416 e. The number of nitrogens with one attached hydrogen (secondary N) is 1. The molecule has 42 heavy (non-hydrogen) atoms. The number of sulfonamides is 1. The summed E-state index contributed by atoms with van der Waals surface area (Å²) in [5.74, 6) is -0.974. The lowest BCUT2D eigenvalue weighted by molar-refractivity contribution is -0.138. The van der Waals surface area contributed by atoms with Gasteiger partial charge in [-0.2, -0.15) is 30.6 Å². The van der Waals surface area contributed by atoms with Gasteiger partial charge in [-0.05, 0) is 71.8 Å². The molecule has 0 aromatic heterocycles. The molecule has 0 aliphatic carbocycles. The summed E-state index contributed by atoms with van der Waals surface area (Å²) in [4.78, 5) is 24.5. The Morgan fingerprint density at radius 3 is 1.50 bits per heavy atom. The van der Waals surface area contributed by atoms with Crippen LogP contribution >= 0.6 is 0 Å². The molecule has 1 amide bonds. The standard InChI is InChI=1S/C29H22F6N2O4S/c1-18(38)36-25-10-12-26(13-11-25)42(40,41)37-16-21(14-19-2-6-23(7-3-19)28(30,31)32)27(39)22(17-37)15-20-4-8-24(9-5-20)29(33,34)35/h2-15H,16-17H2,1H3,(H,36,38)/b21-14+,22-15+. The van der Waals surface area contributed by atoms with Gasteiger partial charge in [0.15, 0.2) is 5.78 Å². The van der Waals surface area contributed by atoms with Gasteiger partial charge in [0.25, 0.3) is 0 Å². The van der Waals surface area contributed by atoms with Crippen molar-refractivity contribution in [2.24, 2.45) is 0 Å². The molecule has 0 atom stereocenters. The zero-order valence-electron chi connectivity index (χ0n) is 21.8. The highest BCUT2D eigenvalue weighted by Crippen LogP contribution is 2.32. The summed E-state index contributed by atoms with van der Waals surface area (Å²) < 4.78 is 106. The number of hydrogen-bond acceptors (Lipinski definition) is 4. The molecular weight excluding hydrogens is 586 g/mol. The van der Waals surface area contributed by atoms with Crippen LogP contribution in [0.25, 0.3) is 12.2 Å². The van der Waals surface area contributed by atoms with Crippen molar-refractivity contribution in [1.29, 1.82) is 0 Å². The third-order valence-corrected chi connectivity index (χ3v) is 8.05. The Morgan fingerprint density at radius 2 is 1.14 bits per heavy atom. The van der Waals surface area contributed by atoms with Gasteiger partial charge >= 0.3 is 12.4 Å². The summed E-state index contributed by atoms with van der Waals surface area (Å²) in [6.45, 7) is 0.449. The summed E-state index contributed by atoms with van der Waals surface area (Å²) in [7, 11) is -4.24. The zero-order chi connectivity index (χ0) is 30.9. The van der Waals surface area contributed by atoms with Gasteiger partial charge in [-0.1, -0.05) is 24.3 Å². The van der Waals surface area contributed by atoms with Crippen LogP contribution in [0.2, 0.25) is 0 Å². The van der Waals surface area contributed by atoms with Gasteiger partial charge in [0.05, 0.1) is 16.0 Å². The topological polar surface area (TPSA) is 83.6 Å². The normalized spacial score (nSPS) is 17.1. The zero-order valence-corrected chi connectivity index (χ0v) is 22.6. The van der Waals surface area contributed by atoms with Gasteiger partial charge in [0.2, 0.25) is 15.9 Å². The molecule has 0 radical (unpaired) electrons. The number of benzene rings is 3. The lowest BCUT2D eigenvalue weighted by Crippen LogP contribution is -2.41. The monoisotopic (exact) mass is 608 g/mol. The number of hydrogen-bond donors (Lipinski definition) is 1. The third kappa shape index (κ3) is 7.15. The van der Waals surface area contributed by atoms with Crippen molar-refractivity contribution >= 4 is 39.6 Å². The van der Waals surface area contributed by atoms with Crippen molar-refractivity contribution in [2.75, 3.05) is 18.4 Å². The Morgan fingerprint density at radius 1 is 0.738 bits per heavy atom. The van der Waals surface area contributed by atoms with Crippen LogP contribution in [0.15, 0.2) is 88.8 Å². The molecule has 3 aromatic carbocycles. The van der Waals surface area contributed by atoms with E-state index in [1.165, 1.54) is 43.3 Å². The van der Waals surface area contributed by atoms with Crippen LogP contribution in [0.5, 0.6) is 0 Å². The second-order valence-corrected chi connectivity index (χ2v) is 11.3. The molecule has 0 saturated carbocycles. The molecule has 1 fully saturated rings. The molecular formula is C29H22F6N2O4S. The fourth-order valence-electron chi connectivity index (χ4n) is 4.18. The van der Waals surface area contributed by atoms with Crippen molar-refractivity contribution in [2.45, 2.75) is 24.2 Å². The van der Waals surface area contributed by atoms with Crippen molar-refractivity contribution in [3.8, 4) is 0 Å². The van der Waals surface area contributed by atoms with Crippen LogP contribution in [-0.4, -0.2) is 37.5 Å². The Hall–Kier alpha value is -4.23. The molecule has 1 N–H and O–H groups in total. The lowest BCUT2D eigenvalue weighted by Gasteiger charge is -2.29. The average Bonchev–Trinajstić information content (AvgIpc) is 2.90. The molecule has 0 bridgehead atoms. The minimum atomic E-state index is -4.58. The second-order valence-electron chi connectivity index (χ2n) is 9.39. The first-order valence-corrected chi connectivity index (χ1v) is 13.7. The highest BCUT2D eigenvalue weighted by molar-refractivity contribution is 7.89. The number of anilines is 1. The van der Waals surface area contributed by atoms with Gasteiger partial charge in [-0.3, -0.25) is 9.59 Å². The molecule has 1 saturated heterocycles. The summed E-state index contributed by atoms with van der Waals surface area (Å²) >= 11 is 0. The maximum atomic E-state index is 13.6. The Kier molecular flexibility index (Phi) is 8.46. The SMILES string of the molecule is CC(=O)Nc1ccc(S(=O)(=O)N2C/C(=C\c3ccc(C(F)(F)F)cc3)C(=O)/C(=C/c3ccc(C(F)(F)F)cc3)C2)cc1. The second kappa shape index (κ2) is 11.6. The minimum Gasteiger partial charge on any atom is -0.326 e. The third-order valence-electron chi connectivity index (χ3n) is 6.25. The van der Waals surface area contributed by atoms with Crippen LogP contribution in [0.3, 0.4) is 0 Å². The predicted molar refractivity (Wildman–Crippen MR) is 143 cm³/mol. The van der Waals surface area contributed by atoms with E-state index in [0.717, 1.165) is 52.8 Å². The number of nitrogens with zero attached hydrogens (tertiary/aromatic N) is 1. The van der Waals surface area contributed by atoms with Gasteiger partial charge < -0.3 is 5.32 Å². The molecule has 3 aromatic rings. The molecule has 1 aliphatic rings. The van der Waals surface area contributed by atoms with E-state index < -0.39 is 52.4 Å². The van der Waals surface area contributed by atoms with E-state index in [1.807, 2.05) is 0 Å². The van der Waals surface area contributed by atoms with Crippen molar-refractivity contribution in [3.63, 3.8) is 0 Å². The molecule has 4 rings (SSSR count).